The number of aryl methyl sites for hydroxylation is 1. The third-order valence-corrected chi connectivity index (χ3v) is 3.87. The van der Waals surface area contributed by atoms with Crippen LogP contribution < -0.4 is 0 Å². The standard InChI is InChI=1S/C18H23FN2/c1-15(14-18-7-3-4-12-20-18)21(2)13-5-6-16-8-10-17(19)11-9-16/h3-4,7-12,15H,5-6,13-14H2,1-2H3. The Hall–Kier alpha value is -1.74. The van der Waals surface area contributed by atoms with Gasteiger partial charge in [-0.3, -0.25) is 4.98 Å². The number of pyridine rings is 1. The lowest BCUT2D eigenvalue weighted by molar-refractivity contribution is 0.252. The second kappa shape index (κ2) is 7.89. The largest absolute Gasteiger partial charge is 0.303 e. The van der Waals surface area contributed by atoms with Crippen LogP contribution in [0.25, 0.3) is 0 Å². The predicted octanol–water partition coefficient (Wildman–Crippen LogP) is 3.72. The molecule has 0 fully saturated rings. The molecule has 3 heteroatoms. The number of benzene rings is 1. The monoisotopic (exact) mass is 286 g/mol. The topological polar surface area (TPSA) is 16.1 Å². The van der Waals surface area contributed by atoms with Crippen LogP contribution in [0.4, 0.5) is 4.39 Å². The minimum absolute atomic E-state index is 0.167. The van der Waals surface area contributed by atoms with Gasteiger partial charge in [-0.25, -0.2) is 4.39 Å². The molecule has 1 unspecified atom stereocenters. The Labute approximate surface area is 126 Å². The second-order valence-electron chi connectivity index (χ2n) is 5.58. The van der Waals surface area contributed by atoms with Gasteiger partial charge >= 0.3 is 0 Å². The molecule has 112 valence electrons. The van der Waals surface area contributed by atoms with Gasteiger partial charge in [0, 0.05) is 24.4 Å². The van der Waals surface area contributed by atoms with E-state index in [0.717, 1.165) is 31.5 Å². The molecule has 0 aliphatic carbocycles. The Kier molecular flexibility index (Phi) is 5.88. The number of likely N-dealkylation sites (N-methyl/N-ethyl adjacent to an activating group) is 1. The molecule has 2 rings (SSSR count). The van der Waals surface area contributed by atoms with Crippen molar-refractivity contribution in [2.45, 2.75) is 32.2 Å². The number of nitrogens with zero attached hydrogens (tertiary/aromatic N) is 2. The summed E-state index contributed by atoms with van der Waals surface area (Å²) in [6, 6.07) is 13.3. The van der Waals surface area contributed by atoms with Gasteiger partial charge in [0.2, 0.25) is 0 Å². The van der Waals surface area contributed by atoms with Crippen molar-refractivity contribution >= 4 is 0 Å². The van der Waals surface area contributed by atoms with Gasteiger partial charge in [-0.1, -0.05) is 18.2 Å². The van der Waals surface area contributed by atoms with Crippen molar-refractivity contribution in [2.75, 3.05) is 13.6 Å². The van der Waals surface area contributed by atoms with Gasteiger partial charge in [0.05, 0.1) is 0 Å². The number of halogens is 1. The molecule has 0 aliphatic heterocycles. The summed E-state index contributed by atoms with van der Waals surface area (Å²) in [6.07, 6.45) is 4.88. The van der Waals surface area contributed by atoms with Crippen molar-refractivity contribution in [3.05, 3.63) is 65.7 Å². The van der Waals surface area contributed by atoms with Crippen molar-refractivity contribution in [3.8, 4) is 0 Å². The molecule has 0 amide bonds. The summed E-state index contributed by atoms with van der Waals surface area (Å²) in [5, 5.41) is 0. The zero-order chi connectivity index (χ0) is 15.1. The first kappa shape index (κ1) is 15.6. The van der Waals surface area contributed by atoms with Gasteiger partial charge in [-0.2, -0.15) is 0 Å². The Bertz CT molecular complexity index is 525. The molecule has 2 aromatic rings. The van der Waals surface area contributed by atoms with Gasteiger partial charge in [0.1, 0.15) is 5.82 Å². The first-order valence-electron chi connectivity index (χ1n) is 7.50. The average Bonchev–Trinajstić information content (AvgIpc) is 2.50. The highest BCUT2D eigenvalue weighted by Crippen LogP contribution is 2.09. The highest BCUT2D eigenvalue weighted by atomic mass is 19.1. The fourth-order valence-electron chi connectivity index (χ4n) is 2.38. The average molecular weight is 286 g/mol. The van der Waals surface area contributed by atoms with Crippen LogP contribution in [0.3, 0.4) is 0 Å². The maximum atomic E-state index is 12.8. The minimum atomic E-state index is -0.167. The van der Waals surface area contributed by atoms with Crippen LogP contribution in [-0.4, -0.2) is 29.5 Å². The maximum Gasteiger partial charge on any atom is 0.123 e. The highest BCUT2D eigenvalue weighted by Gasteiger charge is 2.10. The molecule has 0 aliphatic rings. The predicted molar refractivity (Wildman–Crippen MR) is 84.8 cm³/mol. The van der Waals surface area contributed by atoms with Crippen molar-refractivity contribution in [1.29, 1.82) is 0 Å². The molecule has 0 bridgehead atoms. The number of aromatic nitrogens is 1. The Morgan fingerprint density at radius 2 is 1.90 bits per heavy atom. The van der Waals surface area contributed by atoms with E-state index in [2.05, 4.69) is 29.9 Å². The summed E-state index contributed by atoms with van der Waals surface area (Å²) in [4.78, 5) is 6.73. The van der Waals surface area contributed by atoms with Crippen LogP contribution in [0.1, 0.15) is 24.6 Å². The van der Waals surface area contributed by atoms with E-state index in [1.165, 1.54) is 17.7 Å². The van der Waals surface area contributed by atoms with Gasteiger partial charge in [-0.15, -0.1) is 0 Å². The first-order chi connectivity index (χ1) is 10.1. The van der Waals surface area contributed by atoms with Gasteiger partial charge < -0.3 is 4.90 Å². The highest BCUT2D eigenvalue weighted by molar-refractivity contribution is 5.16. The molecule has 21 heavy (non-hydrogen) atoms. The van der Waals surface area contributed by atoms with Crippen LogP contribution in [0, 0.1) is 5.82 Å². The summed E-state index contributed by atoms with van der Waals surface area (Å²) < 4.78 is 12.8. The van der Waals surface area contributed by atoms with Crippen LogP contribution >= 0.6 is 0 Å². The summed E-state index contributed by atoms with van der Waals surface area (Å²) in [7, 11) is 2.15. The maximum absolute atomic E-state index is 12.8. The van der Waals surface area contributed by atoms with E-state index in [1.54, 1.807) is 0 Å². The molecule has 1 aromatic heterocycles. The Morgan fingerprint density at radius 3 is 2.57 bits per heavy atom. The molecular weight excluding hydrogens is 263 g/mol. The van der Waals surface area contributed by atoms with Crippen molar-refractivity contribution in [3.63, 3.8) is 0 Å². The lowest BCUT2D eigenvalue weighted by Crippen LogP contribution is -2.32. The molecule has 1 aromatic carbocycles. The minimum Gasteiger partial charge on any atom is -0.303 e. The lowest BCUT2D eigenvalue weighted by atomic mass is 10.1. The third-order valence-electron chi connectivity index (χ3n) is 3.87. The number of rotatable bonds is 7. The zero-order valence-corrected chi connectivity index (χ0v) is 12.8. The SMILES string of the molecule is CC(Cc1ccccn1)N(C)CCCc1ccc(F)cc1. The molecule has 0 spiro atoms. The molecule has 1 atom stereocenters. The summed E-state index contributed by atoms with van der Waals surface area (Å²) in [6.45, 7) is 3.26. The smallest absolute Gasteiger partial charge is 0.123 e. The van der Waals surface area contributed by atoms with E-state index in [9.17, 15) is 4.39 Å². The van der Waals surface area contributed by atoms with Crippen molar-refractivity contribution < 1.29 is 4.39 Å². The van der Waals surface area contributed by atoms with E-state index in [0.29, 0.717) is 6.04 Å². The zero-order valence-electron chi connectivity index (χ0n) is 12.8. The van der Waals surface area contributed by atoms with Crippen LogP contribution in [0.15, 0.2) is 48.7 Å². The van der Waals surface area contributed by atoms with Crippen molar-refractivity contribution in [2.24, 2.45) is 0 Å². The van der Waals surface area contributed by atoms with E-state index in [1.807, 2.05) is 30.5 Å². The fourth-order valence-corrected chi connectivity index (χ4v) is 2.38. The van der Waals surface area contributed by atoms with Gasteiger partial charge in [-0.05, 0) is 63.2 Å². The van der Waals surface area contributed by atoms with Crippen LogP contribution in [0.2, 0.25) is 0 Å². The summed E-state index contributed by atoms with van der Waals surface area (Å²) >= 11 is 0. The van der Waals surface area contributed by atoms with Gasteiger partial charge in [0.15, 0.2) is 0 Å². The first-order valence-corrected chi connectivity index (χ1v) is 7.50. The molecule has 0 saturated carbocycles. The van der Waals surface area contributed by atoms with Crippen LogP contribution in [0.5, 0.6) is 0 Å². The van der Waals surface area contributed by atoms with Gasteiger partial charge in [0.25, 0.3) is 0 Å². The molecule has 0 N–H and O–H groups in total. The van der Waals surface area contributed by atoms with Crippen LogP contribution in [-0.2, 0) is 12.8 Å². The van der Waals surface area contributed by atoms with E-state index >= 15 is 0 Å². The summed E-state index contributed by atoms with van der Waals surface area (Å²) in [5.74, 6) is -0.167. The Balaban J connectivity index is 1.73. The van der Waals surface area contributed by atoms with E-state index in [-0.39, 0.29) is 5.82 Å². The lowest BCUT2D eigenvalue weighted by Gasteiger charge is -2.24. The quantitative estimate of drug-likeness (QED) is 0.771. The number of hydrogen-bond acceptors (Lipinski definition) is 2. The molecule has 0 radical (unpaired) electrons. The number of hydrogen-bond donors (Lipinski definition) is 0. The molecule has 0 saturated heterocycles. The summed E-state index contributed by atoms with van der Waals surface area (Å²) in [5.41, 5.74) is 2.33. The Morgan fingerprint density at radius 1 is 1.14 bits per heavy atom. The van der Waals surface area contributed by atoms with E-state index in [4.69, 9.17) is 0 Å². The molecular formula is C18H23FN2. The second-order valence-corrected chi connectivity index (χ2v) is 5.58. The van der Waals surface area contributed by atoms with Crippen molar-refractivity contribution in [1.82, 2.24) is 9.88 Å². The van der Waals surface area contributed by atoms with E-state index < -0.39 is 0 Å². The molecule has 2 nitrogen and oxygen atoms in total. The molecule has 1 heterocycles. The third kappa shape index (κ3) is 5.27. The fraction of sp³-hybridized carbons (Fsp3) is 0.389. The normalized spacial score (nSPS) is 12.6.